The van der Waals surface area contributed by atoms with E-state index in [4.69, 9.17) is 0 Å². The van der Waals surface area contributed by atoms with Crippen molar-refractivity contribution >= 4 is 17.7 Å². The van der Waals surface area contributed by atoms with Crippen molar-refractivity contribution in [2.45, 2.75) is 6.92 Å². The zero-order valence-corrected chi connectivity index (χ0v) is 7.70. The molecule has 0 rings (SSSR count). The van der Waals surface area contributed by atoms with Crippen molar-refractivity contribution in [3.63, 3.8) is 0 Å². The van der Waals surface area contributed by atoms with Crippen molar-refractivity contribution in [2.75, 3.05) is 28.2 Å². The predicted octanol–water partition coefficient (Wildman–Crippen LogP) is 0.785. The summed E-state index contributed by atoms with van der Waals surface area (Å²) in [5.41, 5.74) is 0. The highest BCUT2D eigenvalue weighted by Gasteiger charge is 1.88. The Labute approximate surface area is 62.9 Å². The van der Waals surface area contributed by atoms with Gasteiger partial charge in [0.1, 0.15) is 0 Å². The van der Waals surface area contributed by atoms with Gasteiger partial charge in [0, 0.05) is 6.92 Å². The van der Waals surface area contributed by atoms with Gasteiger partial charge in [-0.25, -0.2) is 0 Å². The topological polar surface area (TPSA) is 17.1 Å². The van der Waals surface area contributed by atoms with E-state index in [-0.39, 0.29) is 5.12 Å². The standard InChI is InChI=1S/C4H12N.C2H4OS/c1-5(2,3)4;1-2(3)4/h1-4H3;1H3,(H,3,4)/q+1;. The minimum absolute atomic E-state index is 0.139. The van der Waals surface area contributed by atoms with Crippen molar-refractivity contribution < 1.29 is 9.28 Å². The highest BCUT2D eigenvalue weighted by atomic mass is 32.1. The highest BCUT2D eigenvalue weighted by Crippen LogP contribution is 1.73. The lowest BCUT2D eigenvalue weighted by atomic mass is 10.8. The molecule has 0 aromatic carbocycles. The monoisotopic (exact) mass is 150 g/mol. The van der Waals surface area contributed by atoms with Crippen LogP contribution in [0, 0.1) is 0 Å². The molecule has 0 atom stereocenters. The Kier molecular flexibility index (Phi) is 6.29. The molecule has 0 radical (unpaired) electrons. The molecule has 0 amide bonds. The summed E-state index contributed by atoms with van der Waals surface area (Å²) in [6, 6.07) is 0. The van der Waals surface area contributed by atoms with E-state index in [0.717, 1.165) is 4.48 Å². The van der Waals surface area contributed by atoms with Crippen LogP contribution in [0.3, 0.4) is 0 Å². The first-order valence-corrected chi connectivity index (χ1v) is 3.16. The maximum absolute atomic E-state index is 9.31. The second kappa shape index (κ2) is 4.82. The molecule has 56 valence electrons. The Morgan fingerprint density at radius 1 is 1.22 bits per heavy atom. The van der Waals surface area contributed by atoms with Crippen molar-refractivity contribution in [1.82, 2.24) is 0 Å². The largest absolute Gasteiger partial charge is 0.333 e. The summed E-state index contributed by atoms with van der Waals surface area (Å²) in [5.74, 6) is 0. The number of hydrogen-bond donors (Lipinski definition) is 1. The lowest BCUT2D eigenvalue weighted by Crippen LogP contribution is -2.27. The maximum atomic E-state index is 9.31. The van der Waals surface area contributed by atoms with E-state index in [0.29, 0.717) is 0 Å². The van der Waals surface area contributed by atoms with Crippen LogP contribution in [0.1, 0.15) is 6.92 Å². The molecule has 0 unspecified atom stereocenters. The van der Waals surface area contributed by atoms with Gasteiger partial charge in [-0.15, -0.1) is 12.6 Å². The lowest BCUT2D eigenvalue weighted by molar-refractivity contribution is -0.849. The van der Waals surface area contributed by atoms with Crippen molar-refractivity contribution in [3.05, 3.63) is 0 Å². The van der Waals surface area contributed by atoms with E-state index >= 15 is 0 Å². The Bertz CT molecular complexity index is 75.5. The lowest BCUT2D eigenvalue weighted by Gasteiger charge is -2.14. The van der Waals surface area contributed by atoms with E-state index in [1.807, 2.05) is 0 Å². The van der Waals surface area contributed by atoms with E-state index < -0.39 is 0 Å². The molecule has 0 aliphatic carbocycles. The summed E-state index contributed by atoms with van der Waals surface area (Å²) < 4.78 is 1.00. The average molecular weight is 150 g/mol. The molecule has 3 heteroatoms. The highest BCUT2D eigenvalue weighted by molar-refractivity contribution is 7.96. The molecule has 0 heterocycles. The summed E-state index contributed by atoms with van der Waals surface area (Å²) in [5, 5.41) is -0.139. The van der Waals surface area contributed by atoms with Gasteiger partial charge in [-0.2, -0.15) is 0 Å². The van der Waals surface area contributed by atoms with E-state index in [2.05, 4.69) is 40.8 Å². The quantitative estimate of drug-likeness (QED) is 0.399. The molecule has 2 nitrogen and oxygen atoms in total. The molecule has 0 aromatic rings. The van der Waals surface area contributed by atoms with E-state index in [1.165, 1.54) is 6.92 Å². The van der Waals surface area contributed by atoms with Crippen LogP contribution in [0.15, 0.2) is 0 Å². The summed E-state index contributed by atoms with van der Waals surface area (Å²) in [4.78, 5) is 9.31. The Morgan fingerprint density at radius 3 is 1.22 bits per heavy atom. The molecule has 0 fully saturated rings. The first-order chi connectivity index (χ1) is 3.73. The van der Waals surface area contributed by atoms with Crippen molar-refractivity contribution in [3.8, 4) is 0 Å². The number of thiol groups is 1. The summed E-state index contributed by atoms with van der Waals surface area (Å²) in [7, 11) is 8.50. The third-order valence-electron chi connectivity index (χ3n) is 0. The van der Waals surface area contributed by atoms with Crippen LogP contribution in [0.4, 0.5) is 0 Å². The maximum Gasteiger partial charge on any atom is 0.182 e. The number of hydrogen-bond acceptors (Lipinski definition) is 1. The molecule has 0 N–H and O–H groups in total. The normalized spacial score (nSPS) is 9.56. The van der Waals surface area contributed by atoms with Gasteiger partial charge in [0.15, 0.2) is 5.12 Å². The van der Waals surface area contributed by atoms with Gasteiger partial charge in [0.2, 0.25) is 0 Å². The molecular weight excluding hydrogens is 134 g/mol. The fourth-order valence-electron chi connectivity index (χ4n) is 0. The van der Waals surface area contributed by atoms with Gasteiger partial charge >= 0.3 is 0 Å². The molecule has 0 aliphatic rings. The van der Waals surface area contributed by atoms with Gasteiger partial charge in [-0.05, 0) is 0 Å². The molecule has 0 saturated carbocycles. The summed E-state index contributed by atoms with van der Waals surface area (Å²) >= 11 is 3.33. The molecular formula is C6H16NOS+. The second-order valence-electron chi connectivity index (χ2n) is 3.20. The average Bonchev–Trinajstić information content (AvgIpc) is 1.19. The van der Waals surface area contributed by atoms with Crippen molar-refractivity contribution in [2.24, 2.45) is 0 Å². The summed E-state index contributed by atoms with van der Waals surface area (Å²) in [6.45, 7) is 1.39. The van der Waals surface area contributed by atoms with Crippen LogP contribution < -0.4 is 0 Å². The molecule has 0 aliphatic heterocycles. The molecule has 0 spiro atoms. The van der Waals surface area contributed by atoms with E-state index in [1.54, 1.807) is 0 Å². The van der Waals surface area contributed by atoms with Crippen molar-refractivity contribution in [1.29, 1.82) is 0 Å². The number of rotatable bonds is 0. The van der Waals surface area contributed by atoms with Crippen LogP contribution in [0.2, 0.25) is 0 Å². The number of quaternary nitrogens is 1. The fraction of sp³-hybridized carbons (Fsp3) is 0.833. The SMILES string of the molecule is CC(=O)S.C[N+](C)(C)C. The van der Waals surface area contributed by atoms with Crippen LogP contribution in [0.25, 0.3) is 0 Å². The third-order valence-corrected chi connectivity index (χ3v) is 0. The van der Waals surface area contributed by atoms with Gasteiger partial charge < -0.3 is 4.48 Å². The molecule has 9 heavy (non-hydrogen) atoms. The number of carbonyl (C=O) groups excluding carboxylic acids is 1. The minimum Gasteiger partial charge on any atom is -0.333 e. The van der Waals surface area contributed by atoms with Crippen LogP contribution in [-0.4, -0.2) is 37.8 Å². The van der Waals surface area contributed by atoms with Crippen LogP contribution in [-0.2, 0) is 4.79 Å². The fourth-order valence-corrected chi connectivity index (χ4v) is 0. The van der Waals surface area contributed by atoms with Gasteiger partial charge in [0.05, 0.1) is 28.2 Å². The second-order valence-corrected chi connectivity index (χ2v) is 3.83. The molecule has 0 saturated heterocycles. The van der Waals surface area contributed by atoms with Crippen LogP contribution in [0.5, 0.6) is 0 Å². The molecule has 0 bridgehead atoms. The van der Waals surface area contributed by atoms with Gasteiger partial charge in [-0.1, -0.05) is 0 Å². The first-order valence-electron chi connectivity index (χ1n) is 2.72. The smallest absolute Gasteiger partial charge is 0.182 e. The summed E-state index contributed by atoms with van der Waals surface area (Å²) in [6.07, 6.45) is 0. The van der Waals surface area contributed by atoms with Gasteiger partial charge in [-0.3, -0.25) is 4.79 Å². The van der Waals surface area contributed by atoms with Gasteiger partial charge in [0.25, 0.3) is 0 Å². The third kappa shape index (κ3) is 713000. The minimum atomic E-state index is -0.139. The Balaban J connectivity index is 0. The Hall–Kier alpha value is -0.0200. The number of carbonyl (C=O) groups is 1. The predicted molar refractivity (Wildman–Crippen MR) is 43.6 cm³/mol. The van der Waals surface area contributed by atoms with E-state index in [9.17, 15) is 4.79 Å². The zero-order valence-electron chi connectivity index (χ0n) is 6.80. The molecule has 0 aromatic heterocycles. The Morgan fingerprint density at radius 2 is 1.22 bits per heavy atom. The number of nitrogens with zero attached hydrogens (tertiary/aromatic N) is 1. The first kappa shape index (κ1) is 11.7. The zero-order chi connectivity index (χ0) is 8.08. The van der Waals surface area contributed by atoms with Crippen LogP contribution >= 0.6 is 12.6 Å².